The quantitative estimate of drug-likeness (QED) is 0.148. The first-order valence-electron chi connectivity index (χ1n) is 15.1. The van der Waals surface area contributed by atoms with Gasteiger partial charge in [0.15, 0.2) is 0 Å². The molecule has 2 aromatic carbocycles. The maximum absolute atomic E-state index is 13.3. The van der Waals surface area contributed by atoms with Crippen LogP contribution in [-0.2, 0) is 41.6 Å². The maximum Gasteiger partial charge on any atom is 0.245 e. The van der Waals surface area contributed by atoms with Gasteiger partial charge in [0.05, 0.1) is 19.1 Å². The summed E-state index contributed by atoms with van der Waals surface area (Å²) in [6.07, 6.45) is 1.52. The number of phenols is 1. The lowest BCUT2D eigenvalue weighted by Gasteiger charge is -2.29. The van der Waals surface area contributed by atoms with Gasteiger partial charge < -0.3 is 41.9 Å². The average Bonchev–Trinajstić information content (AvgIpc) is 3.52. The molecule has 14 nitrogen and oxygen atoms in total. The number of likely N-dealkylation sites (tertiary alicyclic amines) is 1. The minimum atomic E-state index is -1.07. The van der Waals surface area contributed by atoms with E-state index in [2.05, 4.69) is 21.3 Å². The first-order valence-corrected chi connectivity index (χ1v) is 15.1. The molecule has 7 N–H and O–H groups in total. The van der Waals surface area contributed by atoms with E-state index in [1.165, 1.54) is 28.9 Å². The normalized spacial score (nSPS) is 16.0. The van der Waals surface area contributed by atoms with Gasteiger partial charge in [0.2, 0.25) is 35.4 Å². The van der Waals surface area contributed by atoms with Crippen molar-refractivity contribution < 1.29 is 33.9 Å². The number of rotatable bonds is 14. The zero-order valence-electron chi connectivity index (χ0n) is 26.3. The van der Waals surface area contributed by atoms with Crippen LogP contribution in [0.15, 0.2) is 54.6 Å². The Morgan fingerprint density at radius 3 is 2.15 bits per heavy atom. The van der Waals surface area contributed by atoms with Gasteiger partial charge in [0.1, 0.15) is 23.9 Å². The monoisotopic (exact) mass is 637 g/mol. The number of likely N-dealkylation sites (N-methyl/N-ethyl adjacent to an activating group) is 1. The van der Waals surface area contributed by atoms with Crippen molar-refractivity contribution >= 4 is 35.4 Å². The van der Waals surface area contributed by atoms with E-state index in [1.807, 2.05) is 6.07 Å². The summed E-state index contributed by atoms with van der Waals surface area (Å²) >= 11 is 0. The molecule has 0 radical (unpaired) electrons. The van der Waals surface area contributed by atoms with E-state index < -0.39 is 66.8 Å². The minimum absolute atomic E-state index is 0.0873. The van der Waals surface area contributed by atoms with Gasteiger partial charge in [-0.15, -0.1) is 0 Å². The Balaban J connectivity index is 1.53. The summed E-state index contributed by atoms with van der Waals surface area (Å²) in [5, 5.41) is 19.5. The summed E-state index contributed by atoms with van der Waals surface area (Å²) in [5.41, 5.74) is 7.40. The molecule has 0 bridgehead atoms. The second-order valence-electron chi connectivity index (χ2n) is 11.4. The number of carbonyl (C=O) groups is 6. The molecule has 1 saturated heterocycles. The molecule has 1 fully saturated rings. The van der Waals surface area contributed by atoms with Crippen LogP contribution in [0.25, 0.3) is 0 Å². The van der Waals surface area contributed by atoms with Gasteiger partial charge in [0, 0.05) is 27.1 Å². The van der Waals surface area contributed by atoms with E-state index in [0.717, 1.165) is 11.1 Å². The molecule has 248 valence electrons. The molecule has 1 heterocycles. The van der Waals surface area contributed by atoms with E-state index in [-0.39, 0.29) is 24.5 Å². The Hall–Kier alpha value is -4.98. The average molecular weight is 638 g/mol. The van der Waals surface area contributed by atoms with Crippen molar-refractivity contribution in [3.63, 3.8) is 0 Å². The van der Waals surface area contributed by atoms with E-state index in [4.69, 9.17) is 5.73 Å². The number of hydrogen-bond acceptors (Lipinski definition) is 8. The SMILES string of the molecule is C[C@H](NC(=O)[C@H](Cc1ccccc1)NC(=O)CNC(=O)CNC(=O)[C@@H](N)Cc1ccc(O)cc1)C(=O)N1CCC[C@H]1C(=O)N(C)C. The number of phenolic OH excluding ortho intramolecular Hbond substituents is 1. The largest absolute Gasteiger partial charge is 0.508 e. The number of hydrogen-bond donors (Lipinski definition) is 6. The van der Waals surface area contributed by atoms with Crippen LogP contribution in [0.3, 0.4) is 0 Å². The van der Waals surface area contributed by atoms with Crippen molar-refractivity contribution in [3.05, 3.63) is 65.7 Å². The van der Waals surface area contributed by atoms with Crippen LogP contribution in [0.2, 0.25) is 0 Å². The van der Waals surface area contributed by atoms with Crippen molar-refractivity contribution in [1.82, 2.24) is 31.1 Å². The van der Waals surface area contributed by atoms with Crippen LogP contribution in [0, 0.1) is 0 Å². The van der Waals surface area contributed by atoms with Crippen molar-refractivity contribution in [2.45, 2.75) is 56.8 Å². The molecule has 3 rings (SSSR count). The maximum atomic E-state index is 13.3. The number of nitrogens with two attached hydrogens (primary N) is 1. The highest BCUT2D eigenvalue weighted by Gasteiger charge is 2.37. The van der Waals surface area contributed by atoms with E-state index in [1.54, 1.807) is 50.5 Å². The van der Waals surface area contributed by atoms with Crippen LogP contribution in [0.1, 0.15) is 30.9 Å². The van der Waals surface area contributed by atoms with Crippen LogP contribution >= 0.6 is 0 Å². The molecule has 4 atom stereocenters. The van der Waals surface area contributed by atoms with Gasteiger partial charge >= 0.3 is 0 Å². The van der Waals surface area contributed by atoms with Gasteiger partial charge in [-0.3, -0.25) is 28.8 Å². The molecule has 0 saturated carbocycles. The van der Waals surface area contributed by atoms with E-state index in [0.29, 0.717) is 19.4 Å². The predicted octanol–water partition coefficient (Wildman–Crippen LogP) is -1.19. The molecule has 1 aliphatic rings. The van der Waals surface area contributed by atoms with Gasteiger partial charge in [0.25, 0.3) is 0 Å². The number of nitrogens with one attached hydrogen (secondary N) is 4. The molecule has 6 amide bonds. The Morgan fingerprint density at radius 2 is 1.50 bits per heavy atom. The van der Waals surface area contributed by atoms with Gasteiger partial charge in [-0.1, -0.05) is 42.5 Å². The molecule has 46 heavy (non-hydrogen) atoms. The standard InChI is InChI=1S/C32H43N7O7/c1-20(31(45)39-15-7-10-26(39)32(46)38(2)3)36-30(44)25(17-21-8-5-4-6-9-21)37-28(42)19-34-27(41)18-35-29(43)24(33)16-22-11-13-23(40)14-12-22/h4-6,8-9,11-14,20,24-26,40H,7,10,15-19,33H2,1-3H3,(H,34,41)(H,35,43)(H,36,44)(H,37,42)/t20-,24-,25-,26-/m0/s1. The fourth-order valence-electron chi connectivity index (χ4n) is 5.03. The summed E-state index contributed by atoms with van der Waals surface area (Å²) in [7, 11) is 3.25. The zero-order chi connectivity index (χ0) is 33.8. The lowest BCUT2D eigenvalue weighted by molar-refractivity contribution is -0.144. The Morgan fingerprint density at radius 1 is 0.870 bits per heavy atom. The molecule has 0 spiro atoms. The van der Waals surface area contributed by atoms with Crippen LogP contribution in [-0.4, -0.2) is 108 Å². The fraction of sp³-hybridized carbons (Fsp3) is 0.438. The van der Waals surface area contributed by atoms with Crippen molar-refractivity contribution in [2.24, 2.45) is 5.73 Å². The summed E-state index contributed by atoms with van der Waals surface area (Å²) in [6, 6.07) is 11.6. The lowest BCUT2D eigenvalue weighted by atomic mass is 10.0. The molecule has 0 aliphatic carbocycles. The summed E-state index contributed by atoms with van der Waals surface area (Å²) in [6.45, 7) is 1.04. The number of carbonyl (C=O) groups excluding carboxylic acids is 6. The molecule has 14 heteroatoms. The van der Waals surface area contributed by atoms with Gasteiger partial charge in [-0.2, -0.15) is 0 Å². The first kappa shape index (κ1) is 35.5. The lowest BCUT2D eigenvalue weighted by Crippen LogP contribution is -2.56. The van der Waals surface area contributed by atoms with Crippen LogP contribution in [0.4, 0.5) is 0 Å². The number of amides is 6. The van der Waals surface area contributed by atoms with Gasteiger partial charge in [-0.25, -0.2) is 0 Å². The summed E-state index contributed by atoms with van der Waals surface area (Å²) in [5.74, 6) is -2.96. The zero-order valence-corrected chi connectivity index (χ0v) is 26.3. The molecular formula is C32H43N7O7. The third-order valence-electron chi connectivity index (χ3n) is 7.52. The van der Waals surface area contributed by atoms with E-state index in [9.17, 15) is 33.9 Å². The molecule has 2 aromatic rings. The summed E-state index contributed by atoms with van der Waals surface area (Å²) in [4.78, 5) is 79.4. The second-order valence-corrected chi connectivity index (χ2v) is 11.4. The van der Waals surface area contributed by atoms with Crippen molar-refractivity contribution in [2.75, 3.05) is 33.7 Å². The first-order chi connectivity index (χ1) is 21.8. The molecule has 1 aliphatic heterocycles. The third kappa shape index (κ3) is 10.6. The number of nitrogens with zero attached hydrogens (tertiary/aromatic N) is 2. The highest BCUT2D eigenvalue weighted by atomic mass is 16.3. The van der Waals surface area contributed by atoms with Crippen LogP contribution < -0.4 is 27.0 Å². The molecule has 0 aromatic heterocycles. The van der Waals surface area contributed by atoms with Crippen LogP contribution in [0.5, 0.6) is 5.75 Å². The summed E-state index contributed by atoms with van der Waals surface area (Å²) < 4.78 is 0. The predicted molar refractivity (Wildman–Crippen MR) is 169 cm³/mol. The van der Waals surface area contributed by atoms with Crippen molar-refractivity contribution in [1.29, 1.82) is 0 Å². The number of benzene rings is 2. The minimum Gasteiger partial charge on any atom is -0.508 e. The molecule has 0 unspecified atom stereocenters. The Labute approximate surface area is 268 Å². The highest BCUT2D eigenvalue weighted by molar-refractivity contribution is 5.95. The van der Waals surface area contributed by atoms with Gasteiger partial charge in [-0.05, 0) is 49.4 Å². The van der Waals surface area contributed by atoms with E-state index >= 15 is 0 Å². The number of aromatic hydroxyl groups is 1. The third-order valence-corrected chi connectivity index (χ3v) is 7.52. The Kier molecular flexibility index (Phi) is 13.1. The topological polar surface area (TPSA) is 203 Å². The second kappa shape index (κ2) is 16.9. The fourth-order valence-corrected chi connectivity index (χ4v) is 5.03. The smallest absolute Gasteiger partial charge is 0.245 e. The Bertz CT molecular complexity index is 1380. The van der Waals surface area contributed by atoms with Crippen molar-refractivity contribution in [3.8, 4) is 5.75 Å². The molecular weight excluding hydrogens is 594 g/mol. The highest BCUT2D eigenvalue weighted by Crippen LogP contribution is 2.20.